The number of ether oxygens (including phenoxy) is 2. The van der Waals surface area contributed by atoms with E-state index in [9.17, 15) is 4.39 Å². The third-order valence-electron chi connectivity index (χ3n) is 1.59. The van der Waals surface area contributed by atoms with Crippen molar-refractivity contribution in [2.45, 2.75) is 20.0 Å². The van der Waals surface area contributed by atoms with E-state index in [1.165, 1.54) is 7.11 Å². The molecule has 2 nitrogen and oxygen atoms in total. The van der Waals surface area contributed by atoms with Crippen molar-refractivity contribution in [3.05, 3.63) is 22.4 Å². The molecule has 0 saturated heterocycles. The van der Waals surface area contributed by atoms with Gasteiger partial charge in [-0.3, -0.25) is 0 Å². The molecule has 0 radical (unpaired) electrons. The van der Waals surface area contributed by atoms with Gasteiger partial charge in [0.15, 0.2) is 11.5 Å². The standard InChI is InChI=1S/C10H12BrFO2/c1-6(2)14-10-7(11)4-5-8(13-3)9(10)12/h4-6H,1-3H3. The van der Waals surface area contributed by atoms with Crippen LogP contribution in [0, 0.1) is 5.82 Å². The Bertz CT molecular complexity index is 326. The molecule has 0 N–H and O–H groups in total. The summed E-state index contributed by atoms with van der Waals surface area (Å²) in [5, 5.41) is 0. The molecule has 0 atom stereocenters. The maximum absolute atomic E-state index is 13.6. The molecule has 0 saturated carbocycles. The van der Waals surface area contributed by atoms with E-state index in [2.05, 4.69) is 15.9 Å². The molecule has 0 aliphatic carbocycles. The van der Waals surface area contributed by atoms with Crippen LogP contribution in [0.4, 0.5) is 4.39 Å². The van der Waals surface area contributed by atoms with E-state index in [4.69, 9.17) is 9.47 Å². The van der Waals surface area contributed by atoms with E-state index in [0.29, 0.717) is 4.47 Å². The zero-order valence-electron chi connectivity index (χ0n) is 8.30. The van der Waals surface area contributed by atoms with Crippen LogP contribution in [0.1, 0.15) is 13.8 Å². The highest BCUT2D eigenvalue weighted by Crippen LogP contribution is 2.34. The normalized spacial score (nSPS) is 10.4. The minimum absolute atomic E-state index is 0.0760. The highest BCUT2D eigenvalue weighted by Gasteiger charge is 2.14. The molecule has 0 bridgehead atoms. The van der Waals surface area contributed by atoms with E-state index in [-0.39, 0.29) is 17.6 Å². The quantitative estimate of drug-likeness (QED) is 0.832. The molecule has 14 heavy (non-hydrogen) atoms. The molecule has 0 heterocycles. The first kappa shape index (κ1) is 11.3. The van der Waals surface area contributed by atoms with Crippen molar-refractivity contribution in [2.75, 3.05) is 7.11 Å². The molecule has 1 rings (SSSR count). The molecule has 1 aromatic carbocycles. The van der Waals surface area contributed by atoms with Gasteiger partial charge in [0.05, 0.1) is 17.7 Å². The van der Waals surface area contributed by atoms with E-state index in [0.717, 1.165) is 0 Å². The fourth-order valence-corrected chi connectivity index (χ4v) is 1.42. The van der Waals surface area contributed by atoms with Gasteiger partial charge >= 0.3 is 0 Å². The average Bonchev–Trinajstić information content (AvgIpc) is 2.12. The highest BCUT2D eigenvalue weighted by atomic mass is 79.9. The molecule has 0 aliphatic heterocycles. The summed E-state index contributed by atoms with van der Waals surface area (Å²) in [5.41, 5.74) is 0. The lowest BCUT2D eigenvalue weighted by atomic mass is 10.3. The van der Waals surface area contributed by atoms with Crippen molar-refractivity contribution >= 4 is 15.9 Å². The van der Waals surface area contributed by atoms with Crippen molar-refractivity contribution in [3.63, 3.8) is 0 Å². The summed E-state index contributed by atoms with van der Waals surface area (Å²) in [5.74, 6) is -0.0984. The molecule has 0 aliphatic rings. The Morgan fingerprint density at radius 1 is 1.36 bits per heavy atom. The average molecular weight is 263 g/mol. The number of benzene rings is 1. The highest BCUT2D eigenvalue weighted by molar-refractivity contribution is 9.10. The first-order valence-electron chi connectivity index (χ1n) is 4.25. The minimum atomic E-state index is -0.476. The lowest BCUT2D eigenvalue weighted by Gasteiger charge is -2.13. The largest absolute Gasteiger partial charge is 0.494 e. The van der Waals surface area contributed by atoms with Crippen molar-refractivity contribution < 1.29 is 13.9 Å². The van der Waals surface area contributed by atoms with E-state index < -0.39 is 5.82 Å². The summed E-state index contributed by atoms with van der Waals surface area (Å²) in [7, 11) is 1.42. The number of halogens is 2. The summed E-state index contributed by atoms with van der Waals surface area (Å²) < 4.78 is 24.4. The number of methoxy groups -OCH3 is 1. The van der Waals surface area contributed by atoms with Crippen LogP contribution in [0.25, 0.3) is 0 Å². The molecule has 0 amide bonds. The van der Waals surface area contributed by atoms with Gasteiger partial charge in [0.25, 0.3) is 0 Å². The van der Waals surface area contributed by atoms with Crippen molar-refractivity contribution in [1.29, 1.82) is 0 Å². The lowest BCUT2D eigenvalue weighted by Crippen LogP contribution is -2.08. The fraction of sp³-hybridized carbons (Fsp3) is 0.400. The van der Waals surface area contributed by atoms with Gasteiger partial charge < -0.3 is 9.47 Å². The summed E-state index contributed by atoms with van der Waals surface area (Å²) in [6.07, 6.45) is -0.0760. The maximum atomic E-state index is 13.6. The Labute approximate surface area is 91.2 Å². The third kappa shape index (κ3) is 2.38. The van der Waals surface area contributed by atoms with Gasteiger partial charge in [-0.2, -0.15) is 4.39 Å². The van der Waals surface area contributed by atoms with Crippen molar-refractivity contribution in [2.24, 2.45) is 0 Å². The molecule has 0 fully saturated rings. The van der Waals surface area contributed by atoms with Crippen LogP contribution in [-0.2, 0) is 0 Å². The Morgan fingerprint density at radius 3 is 2.50 bits per heavy atom. The summed E-state index contributed by atoms with van der Waals surface area (Å²) in [4.78, 5) is 0. The molecule has 1 aromatic rings. The van der Waals surface area contributed by atoms with Crippen molar-refractivity contribution in [3.8, 4) is 11.5 Å². The number of rotatable bonds is 3. The van der Waals surface area contributed by atoms with Gasteiger partial charge in [-0.25, -0.2) is 0 Å². The molecule has 0 unspecified atom stereocenters. The van der Waals surface area contributed by atoms with Gasteiger partial charge in [-0.1, -0.05) is 0 Å². The smallest absolute Gasteiger partial charge is 0.207 e. The zero-order chi connectivity index (χ0) is 10.7. The molecule has 4 heteroatoms. The summed E-state index contributed by atoms with van der Waals surface area (Å²) in [6, 6.07) is 3.24. The molecular formula is C10H12BrFO2. The van der Waals surface area contributed by atoms with Gasteiger partial charge in [0, 0.05) is 0 Å². The molecule has 0 spiro atoms. The first-order valence-corrected chi connectivity index (χ1v) is 5.04. The predicted molar refractivity (Wildman–Crippen MR) is 56.4 cm³/mol. The number of hydrogen-bond acceptors (Lipinski definition) is 2. The Hall–Kier alpha value is -0.770. The van der Waals surface area contributed by atoms with Crippen LogP contribution in [-0.4, -0.2) is 13.2 Å². The minimum Gasteiger partial charge on any atom is -0.494 e. The van der Waals surface area contributed by atoms with E-state index in [1.54, 1.807) is 12.1 Å². The molecule has 78 valence electrons. The zero-order valence-corrected chi connectivity index (χ0v) is 9.89. The summed E-state index contributed by atoms with van der Waals surface area (Å²) in [6.45, 7) is 3.68. The van der Waals surface area contributed by atoms with E-state index in [1.807, 2.05) is 13.8 Å². The van der Waals surface area contributed by atoms with Gasteiger partial charge in [0.2, 0.25) is 5.82 Å². The van der Waals surface area contributed by atoms with Gasteiger partial charge in [-0.15, -0.1) is 0 Å². The topological polar surface area (TPSA) is 18.5 Å². The van der Waals surface area contributed by atoms with Crippen LogP contribution in [0.15, 0.2) is 16.6 Å². The molecular weight excluding hydrogens is 251 g/mol. The summed E-state index contributed by atoms with van der Waals surface area (Å²) >= 11 is 3.22. The Kier molecular flexibility index (Phi) is 3.75. The Balaban J connectivity index is 3.11. The lowest BCUT2D eigenvalue weighted by molar-refractivity contribution is 0.226. The maximum Gasteiger partial charge on any atom is 0.207 e. The van der Waals surface area contributed by atoms with Gasteiger partial charge in [-0.05, 0) is 41.9 Å². The second-order valence-corrected chi connectivity index (χ2v) is 3.91. The van der Waals surface area contributed by atoms with Crippen LogP contribution in [0.3, 0.4) is 0 Å². The second-order valence-electron chi connectivity index (χ2n) is 3.06. The third-order valence-corrected chi connectivity index (χ3v) is 2.21. The molecule has 0 aromatic heterocycles. The monoisotopic (exact) mass is 262 g/mol. The van der Waals surface area contributed by atoms with Crippen LogP contribution in [0.2, 0.25) is 0 Å². The SMILES string of the molecule is COc1ccc(Br)c(OC(C)C)c1F. The van der Waals surface area contributed by atoms with Gasteiger partial charge in [0.1, 0.15) is 0 Å². The van der Waals surface area contributed by atoms with Crippen molar-refractivity contribution in [1.82, 2.24) is 0 Å². The number of hydrogen-bond donors (Lipinski definition) is 0. The van der Waals surface area contributed by atoms with Crippen LogP contribution < -0.4 is 9.47 Å². The Morgan fingerprint density at radius 2 is 2.00 bits per heavy atom. The first-order chi connectivity index (χ1) is 6.56. The van der Waals surface area contributed by atoms with Crippen LogP contribution in [0.5, 0.6) is 11.5 Å². The second kappa shape index (κ2) is 4.64. The predicted octanol–water partition coefficient (Wildman–Crippen LogP) is 3.38. The van der Waals surface area contributed by atoms with E-state index >= 15 is 0 Å². The van der Waals surface area contributed by atoms with Crippen LogP contribution >= 0.6 is 15.9 Å². The fourth-order valence-electron chi connectivity index (χ4n) is 1.02.